The molecule has 0 aromatic carbocycles. The van der Waals surface area contributed by atoms with Gasteiger partial charge in [0.1, 0.15) is 6.10 Å². The van der Waals surface area contributed by atoms with Gasteiger partial charge in [-0.05, 0) is 31.2 Å². The van der Waals surface area contributed by atoms with Crippen molar-refractivity contribution >= 4 is 5.91 Å². The van der Waals surface area contributed by atoms with Crippen molar-refractivity contribution in [3.8, 4) is 5.88 Å². The van der Waals surface area contributed by atoms with E-state index in [0.717, 1.165) is 5.56 Å². The molecule has 0 aliphatic heterocycles. The molecule has 0 bridgehead atoms. The van der Waals surface area contributed by atoms with E-state index >= 15 is 0 Å². The van der Waals surface area contributed by atoms with Gasteiger partial charge in [0, 0.05) is 11.1 Å². The number of hydrogen-bond donors (Lipinski definition) is 2. The second-order valence-corrected chi connectivity index (χ2v) is 3.69. The van der Waals surface area contributed by atoms with Gasteiger partial charge in [0.15, 0.2) is 0 Å². The summed E-state index contributed by atoms with van der Waals surface area (Å²) in [4.78, 5) is 11.0. The number of allylic oxidation sites excluding steroid dienone is 2. The smallest absolute Gasteiger partial charge is 0.248 e. The zero-order valence-electron chi connectivity index (χ0n) is 9.38. The van der Waals surface area contributed by atoms with Crippen LogP contribution >= 0.6 is 0 Å². The Bertz CT molecular complexity index is 512. The van der Waals surface area contributed by atoms with Crippen molar-refractivity contribution < 1.29 is 9.53 Å². The summed E-state index contributed by atoms with van der Waals surface area (Å²) in [6.45, 7) is 1.90. The van der Waals surface area contributed by atoms with E-state index in [9.17, 15) is 4.79 Å². The lowest BCUT2D eigenvalue weighted by atomic mass is 10.2. The molecule has 5 nitrogen and oxygen atoms in total. The number of carbonyl (C=O) groups is 1. The molecule has 0 saturated carbocycles. The number of amides is 1. The van der Waals surface area contributed by atoms with E-state index in [1.54, 1.807) is 30.5 Å². The quantitative estimate of drug-likeness (QED) is 0.814. The maximum absolute atomic E-state index is 11.0. The minimum atomic E-state index is -0.454. The third-order valence-electron chi connectivity index (χ3n) is 2.36. The molecule has 1 aliphatic carbocycles. The minimum Gasteiger partial charge on any atom is -0.466 e. The standard InChI is InChI=1S/C12H13N3O2/c1-8-7-14-15-12(8)17-10-4-2-3-9(5-6-10)11(13)16/h2-7,10H,1H3,(H2,13,16)(H,14,15). The Hall–Kier alpha value is -2.30. The average Bonchev–Trinajstić information content (AvgIpc) is 2.55. The second kappa shape index (κ2) is 4.69. The summed E-state index contributed by atoms with van der Waals surface area (Å²) in [5.41, 5.74) is 6.58. The molecule has 1 aromatic rings. The topological polar surface area (TPSA) is 81.0 Å². The Morgan fingerprint density at radius 1 is 1.53 bits per heavy atom. The van der Waals surface area contributed by atoms with E-state index in [4.69, 9.17) is 10.5 Å². The zero-order chi connectivity index (χ0) is 12.3. The van der Waals surface area contributed by atoms with E-state index in [0.29, 0.717) is 11.5 Å². The van der Waals surface area contributed by atoms with Gasteiger partial charge in [-0.1, -0.05) is 6.08 Å². The van der Waals surface area contributed by atoms with Crippen LogP contribution in [0.3, 0.4) is 0 Å². The highest BCUT2D eigenvalue weighted by atomic mass is 16.5. The summed E-state index contributed by atoms with van der Waals surface area (Å²) in [5, 5.41) is 6.63. The van der Waals surface area contributed by atoms with Crippen molar-refractivity contribution in [2.45, 2.75) is 13.0 Å². The molecule has 0 radical (unpaired) electrons. The van der Waals surface area contributed by atoms with Gasteiger partial charge in [-0.2, -0.15) is 5.10 Å². The van der Waals surface area contributed by atoms with Gasteiger partial charge in [0.25, 0.3) is 0 Å². The van der Waals surface area contributed by atoms with Crippen LogP contribution in [-0.4, -0.2) is 22.2 Å². The maximum atomic E-state index is 11.0. The SMILES string of the molecule is Cc1cn[nH]c1OC1C=CC=C(C(N)=O)C=C1. The lowest BCUT2D eigenvalue weighted by Gasteiger charge is -2.09. The molecular weight excluding hydrogens is 218 g/mol. The number of aromatic nitrogens is 2. The summed E-state index contributed by atoms with van der Waals surface area (Å²) in [6, 6.07) is 0. The van der Waals surface area contributed by atoms with Gasteiger partial charge in [0.2, 0.25) is 11.8 Å². The van der Waals surface area contributed by atoms with Crippen LogP contribution in [0.15, 0.2) is 42.2 Å². The first kappa shape index (κ1) is 11.2. The Labute approximate surface area is 98.7 Å². The normalized spacial score (nSPS) is 18.6. The van der Waals surface area contributed by atoms with Crippen molar-refractivity contribution in [1.82, 2.24) is 10.2 Å². The van der Waals surface area contributed by atoms with E-state index < -0.39 is 5.91 Å². The first-order chi connectivity index (χ1) is 8.16. The first-order valence-electron chi connectivity index (χ1n) is 5.20. The largest absolute Gasteiger partial charge is 0.466 e. The van der Waals surface area contributed by atoms with Gasteiger partial charge < -0.3 is 10.5 Å². The van der Waals surface area contributed by atoms with Crippen LogP contribution in [-0.2, 0) is 4.79 Å². The molecule has 1 aromatic heterocycles. The van der Waals surface area contributed by atoms with E-state index in [-0.39, 0.29) is 6.10 Å². The monoisotopic (exact) mass is 231 g/mol. The molecule has 1 amide bonds. The second-order valence-electron chi connectivity index (χ2n) is 3.69. The predicted octanol–water partition coefficient (Wildman–Crippen LogP) is 1.00. The predicted molar refractivity (Wildman–Crippen MR) is 63.3 cm³/mol. The number of aromatic amines is 1. The molecule has 1 atom stereocenters. The number of primary amides is 1. The number of hydrogen-bond acceptors (Lipinski definition) is 3. The Balaban J connectivity index is 2.09. The molecule has 0 fully saturated rings. The highest BCUT2D eigenvalue weighted by Gasteiger charge is 2.09. The highest BCUT2D eigenvalue weighted by molar-refractivity contribution is 5.95. The third kappa shape index (κ3) is 2.63. The van der Waals surface area contributed by atoms with Gasteiger partial charge in [-0.25, -0.2) is 5.10 Å². The number of nitrogens with two attached hydrogens (primary N) is 1. The summed E-state index contributed by atoms with van der Waals surface area (Å²) in [5.74, 6) is 0.163. The summed E-state index contributed by atoms with van der Waals surface area (Å²) in [7, 11) is 0. The van der Waals surface area contributed by atoms with Gasteiger partial charge in [0.05, 0.1) is 6.20 Å². The fourth-order valence-electron chi connectivity index (χ4n) is 1.42. The van der Waals surface area contributed by atoms with Gasteiger partial charge in [-0.15, -0.1) is 0 Å². The molecule has 0 spiro atoms. The van der Waals surface area contributed by atoms with Crippen LogP contribution in [0.25, 0.3) is 0 Å². The zero-order valence-corrected chi connectivity index (χ0v) is 9.38. The van der Waals surface area contributed by atoms with Crippen molar-refractivity contribution in [2.24, 2.45) is 5.73 Å². The van der Waals surface area contributed by atoms with Crippen molar-refractivity contribution in [3.05, 3.63) is 47.7 Å². The van der Waals surface area contributed by atoms with E-state index in [2.05, 4.69) is 10.2 Å². The Morgan fingerprint density at radius 2 is 2.35 bits per heavy atom. The number of nitrogens with zero attached hydrogens (tertiary/aromatic N) is 1. The fraction of sp³-hybridized carbons (Fsp3) is 0.167. The van der Waals surface area contributed by atoms with Crippen LogP contribution in [0.1, 0.15) is 5.56 Å². The Kier molecular flexibility index (Phi) is 3.09. The van der Waals surface area contributed by atoms with Crippen LogP contribution in [0, 0.1) is 6.92 Å². The highest BCUT2D eigenvalue weighted by Crippen LogP contribution is 2.16. The average molecular weight is 231 g/mol. The Morgan fingerprint density at radius 3 is 3.00 bits per heavy atom. The van der Waals surface area contributed by atoms with Crippen molar-refractivity contribution in [3.63, 3.8) is 0 Å². The number of nitrogens with one attached hydrogen (secondary N) is 1. The molecular formula is C12H13N3O2. The number of carbonyl (C=O) groups excluding carboxylic acids is 1. The van der Waals surface area contributed by atoms with Gasteiger partial charge in [-0.3, -0.25) is 4.79 Å². The summed E-state index contributed by atoms with van der Waals surface area (Å²) < 4.78 is 5.66. The number of ether oxygens (including phenoxy) is 1. The van der Waals surface area contributed by atoms with Crippen molar-refractivity contribution in [2.75, 3.05) is 0 Å². The minimum absolute atomic E-state index is 0.248. The van der Waals surface area contributed by atoms with Gasteiger partial charge >= 0.3 is 0 Å². The fourth-order valence-corrected chi connectivity index (χ4v) is 1.42. The number of H-pyrrole nitrogens is 1. The molecule has 1 heterocycles. The maximum Gasteiger partial charge on any atom is 0.248 e. The summed E-state index contributed by atoms with van der Waals surface area (Å²) in [6.07, 6.45) is 10.1. The molecule has 3 N–H and O–H groups in total. The van der Waals surface area contributed by atoms with Crippen LogP contribution in [0.4, 0.5) is 0 Å². The molecule has 17 heavy (non-hydrogen) atoms. The van der Waals surface area contributed by atoms with Crippen molar-refractivity contribution in [1.29, 1.82) is 0 Å². The lowest BCUT2D eigenvalue weighted by Crippen LogP contribution is -2.13. The van der Waals surface area contributed by atoms with Crippen LogP contribution in [0.5, 0.6) is 5.88 Å². The number of rotatable bonds is 3. The van der Waals surface area contributed by atoms with E-state index in [1.807, 2.05) is 13.0 Å². The molecule has 0 saturated heterocycles. The lowest BCUT2D eigenvalue weighted by molar-refractivity contribution is -0.114. The third-order valence-corrected chi connectivity index (χ3v) is 2.36. The van der Waals surface area contributed by atoms with E-state index in [1.165, 1.54) is 0 Å². The first-order valence-corrected chi connectivity index (χ1v) is 5.20. The number of aryl methyl sites for hydroxylation is 1. The molecule has 1 unspecified atom stereocenters. The molecule has 88 valence electrons. The molecule has 1 aliphatic rings. The molecule has 2 rings (SSSR count). The molecule has 5 heteroatoms. The summed E-state index contributed by atoms with van der Waals surface area (Å²) >= 11 is 0. The van der Waals surface area contributed by atoms with Crippen LogP contribution in [0.2, 0.25) is 0 Å². The van der Waals surface area contributed by atoms with Crippen LogP contribution < -0.4 is 10.5 Å².